The summed E-state index contributed by atoms with van der Waals surface area (Å²) in [5.41, 5.74) is -0.117. The quantitative estimate of drug-likeness (QED) is 0.840. The first-order valence-corrected chi connectivity index (χ1v) is 6.77. The summed E-state index contributed by atoms with van der Waals surface area (Å²) in [5, 5.41) is 9.77. The van der Waals surface area contributed by atoms with Gasteiger partial charge in [-0.1, -0.05) is 13.8 Å². The number of benzene rings is 1. The van der Waals surface area contributed by atoms with E-state index >= 15 is 0 Å². The maximum absolute atomic E-state index is 13.6. The van der Waals surface area contributed by atoms with Crippen molar-refractivity contribution < 1.29 is 9.13 Å². The third-order valence-electron chi connectivity index (χ3n) is 3.82. The summed E-state index contributed by atoms with van der Waals surface area (Å²) in [7, 11) is 0. The minimum Gasteiger partial charge on any atom is -0.493 e. The molecule has 1 aromatic carbocycles. The Labute approximate surface area is 113 Å². The van der Waals surface area contributed by atoms with Crippen molar-refractivity contribution in [2.75, 3.05) is 19.7 Å². The van der Waals surface area contributed by atoms with E-state index in [4.69, 9.17) is 4.74 Å². The topological polar surface area (TPSA) is 36.3 Å². The van der Waals surface area contributed by atoms with Crippen molar-refractivity contribution >= 4 is 0 Å². The first-order chi connectivity index (χ1) is 9.17. The lowest BCUT2D eigenvalue weighted by atomic mass is 9.84. The smallest absolute Gasteiger partial charge is 0.138 e. The first kappa shape index (κ1) is 13.8. The van der Waals surface area contributed by atoms with Gasteiger partial charge in [0.15, 0.2) is 0 Å². The molecule has 1 aromatic rings. The van der Waals surface area contributed by atoms with Gasteiger partial charge in [-0.3, -0.25) is 4.90 Å². The second kappa shape index (κ2) is 5.58. The molecule has 1 heterocycles. The molecule has 1 atom stereocenters. The van der Waals surface area contributed by atoms with E-state index < -0.39 is 5.54 Å². The van der Waals surface area contributed by atoms with E-state index in [9.17, 15) is 9.65 Å². The number of nitriles is 1. The van der Waals surface area contributed by atoms with Gasteiger partial charge in [-0.2, -0.15) is 5.26 Å². The van der Waals surface area contributed by atoms with Crippen LogP contribution in [0.4, 0.5) is 4.39 Å². The Balaban J connectivity index is 2.61. The van der Waals surface area contributed by atoms with Crippen LogP contribution in [0.1, 0.15) is 32.3 Å². The van der Waals surface area contributed by atoms with E-state index in [0.29, 0.717) is 24.3 Å². The molecule has 19 heavy (non-hydrogen) atoms. The third kappa shape index (κ3) is 2.31. The highest BCUT2D eigenvalue weighted by Gasteiger charge is 2.41. The molecule has 0 aromatic heterocycles. The van der Waals surface area contributed by atoms with Gasteiger partial charge in [0.05, 0.1) is 12.7 Å². The van der Waals surface area contributed by atoms with Crippen LogP contribution >= 0.6 is 0 Å². The summed E-state index contributed by atoms with van der Waals surface area (Å²) >= 11 is 0. The first-order valence-electron chi connectivity index (χ1n) is 6.77. The van der Waals surface area contributed by atoms with Gasteiger partial charge in [0.25, 0.3) is 0 Å². The lowest BCUT2D eigenvalue weighted by Gasteiger charge is -2.37. The number of rotatable bonds is 3. The molecule has 0 spiro atoms. The number of ether oxygens (including phenoxy) is 1. The molecule has 3 nitrogen and oxygen atoms in total. The predicted molar refractivity (Wildman–Crippen MR) is 71.3 cm³/mol. The molecule has 2 rings (SSSR count). The molecule has 0 amide bonds. The summed E-state index contributed by atoms with van der Waals surface area (Å²) in [5.74, 6) is 0.309. The molecule has 0 bridgehead atoms. The lowest BCUT2D eigenvalue weighted by molar-refractivity contribution is 0.141. The molecule has 102 valence electrons. The van der Waals surface area contributed by atoms with E-state index in [0.717, 1.165) is 19.5 Å². The highest BCUT2D eigenvalue weighted by Crippen LogP contribution is 2.40. The average molecular weight is 262 g/mol. The van der Waals surface area contributed by atoms with E-state index in [1.807, 2.05) is 13.8 Å². The van der Waals surface area contributed by atoms with E-state index in [2.05, 4.69) is 11.0 Å². The molecule has 1 aliphatic rings. The molecule has 0 N–H and O–H groups in total. The minimum absolute atomic E-state index is 0.323. The number of hydrogen-bond donors (Lipinski definition) is 0. The van der Waals surface area contributed by atoms with Crippen molar-refractivity contribution in [1.82, 2.24) is 4.90 Å². The standard InChI is InChI=1S/C15H19FN2O/c1-3-18(4-2)15(11-17)8-5-9-19-14-7-6-12(16)10-13(14)15/h6-7,10H,3-5,8-9H2,1-2H3. The number of hydrogen-bond acceptors (Lipinski definition) is 3. The van der Waals surface area contributed by atoms with Crippen molar-refractivity contribution in [3.8, 4) is 11.8 Å². The second-order valence-corrected chi connectivity index (χ2v) is 4.74. The second-order valence-electron chi connectivity index (χ2n) is 4.74. The summed E-state index contributed by atoms with van der Waals surface area (Å²) in [6, 6.07) is 6.88. The van der Waals surface area contributed by atoms with Crippen LogP contribution < -0.4 is 4.74 Å². The molecule has 0 radical (unpaired) electrons. The van der Waals surface area contributed by atoms with Crippen LogP contribution in [-0.2, 0) is 5.54 Å². The van der Waals surface area contributed by atoms with E-state index in [1.54, 1.807) is 6.07 Å². The zero-order valence-corrected chi connectivity index (χ0v) is 11.4. The summed E-state index contributed by atoms with van der Waals surface area (Å²) in [4.78, 5) is 2.08. The van der Waals surface area contributed by atoms with Crippen LogP contribution in [0.25, 0.3) is 0 Å². The van der Waals surface area contributed by atoms with Crippen molar-refractivity contribution in [3.63, 3.8) is 0 Å². The molecule has 0 saturated carbocycles. The Hall–Kier alpha value is -1.60. The van der Waals surface area contributed by atoms with Gasteiger partial charge in [0.1, 0.15) is 17.1 Å². The average Bonchev–Trinajstić information content (AvgIpc) is 2.61. The molecular weight excluding hydrogens is 243 g/mol. The normalized spacial score (nSPS) is 22.3. The molecular formula is C15H19FN2O. The van der Waals surface area contributed by atoms with Gasteiger partial charge in [0, 0.05) is 5.56 Å². The van der Waals surface area contributed by atoms with E-state index in [1.165, 1.54) is 12.1 Å². The molecule has 0 saturated heterocycles. The maximum atomic E-state index is 13.6. The van der Waals surface area contributed by atoms with Crippen molar-refractivity contribution in [1.29, 1.82) is 5.26 Å². The Morgan fingerprint density at radius 2 is 2.16 bits per heavy atom. The van der Waals surface area contributed by atoms with Crippen molar-refractivity contribution in [2.45, 2.75) is 32.2 Å². The predicted octanol–water partition coefficient (Wildman–Crippen LogP) is 3.06. The van der Waals surface area contributed by atoms with Gasteiger partial charge in [-0.25, -0.2) is 4.39 Å². The SMILES string of the molecule is CCN(CC)C1(C#N)CCCOc2ccc(F)cc21. The Kier molecular flexibility index (Phi) is 4.06. The summed E-state index contributed by atoms with van der Waals surface area (Å²) in [6.07, 6.45) is 1.46. The van der Waals surface area contributed by atoms with Gasteiger partial charge in [0.2, 0.25) is 0 Å². The molecule has 0 fully saturated rings. The molecule has 0 aliphatic carbocycles. The van der Waals surface area contributed by atoms with Gasteiger partial charge in [-0.15, -0.1) is 0 Å². The third-order valence-corrected chi connectivity index (χ3v) is 3.82. The fraction of sp³-hybridized carbons (Fsp3) is 0.533. The van der Waals surface area contributed by atoms with Gasteiger partial charge in [-0.05, 0) is 44.1 Å². The highest BCUT2D eigenvalue weighted by molar-refractivity contribution is 5.44. The number of fused-ring (bicyclic) bond motifs is 1. The van der Waals surface area contributed by atoms with E-state index in [-0.39, 0.29) is 5.82 Å². The van der Waals surface area contributed by atoms with Crippen molar-refractivity contribution in [2.24, 2.45) is 0 Å². The molecule has 1 unspecified atom stereocenters. The maximum Gasteiger partial charge on any atom is 0.138 e. The Morgan fingerprint density at radius 1 is 1.42 bits per heavy atom. The van der Waals surface area contributed by atoms with Crippen molar-refractivity contribution in [3.05, 3.63) is 29.6 Å². The zero-order chi connectivity index (χ0) is 13.9. The minimum atomic E-state index is -0.780. The van der Waals surface area contributed by atoms with Crippen LogP contribution in [0.5, 0.6) is 5.75 Å². The van der Waals surface area contributed by atoms with Crippen LogP contribution in [0, 0.1) is 17.1 Å². The Morgan fingerprint density at radius 3 is 2.79 bits per heavy atom. The molecule has 1 aliphatic heterocycles. The lowest BCUT2D eigenvalue weighted by Crippen LogP contribution is -2.45. The fourth-order valence-corrected chi connectivity index (χ4v) is 2.87. The van der Waals surface area contributed by atoms with Gasteiger partial charge >= 0.3 is 0 Å². The Bertz CT molecular complexity index is 493. The summed E-state index contributed by atoms with van der Waals surface area (Å²) in [6.45, 7) is 6.12. The zero-order valence-electron chi connectivity index (χ0n) is 11.4. The summed E-state index contributed by atoms with van der Waals surface area (Å²) < 4.78 is 19.3. The molecule has 4 heteroatoms. The monoisotopic (exact) mass is 262 g/mol. The van der Waals surface area contributed by atoms with Crippen LogP contribution in [0.15, 0.2) is 18.2 Å². The number of halogens is 1. The van der Waals surface area contributed by atoms with Crippen LogP contribution in [0.2, 0.25) is 0 Å². The fourth-order valence-electron chi connectivity index (χ4n) is 2.87. The number of nitrogens with zero attached hydrogens (tertiary/aromatic N) is 2. The highest BCUT2D eigenvalue weighted by atomic mass is 19.1. The van der Waals surface area contributed by atoms with Crippen LogP contribution in [0.3, 0.4) is 0 Å². The van der Waals surface area contributed by atoms with Gasteiger partial charge < -0.3 is 4.74 Å². The van der Waals surface area contributed by atoms with Crippen LogP contribution in [-0.4, -0.2) is 24.6 Å². The largest absolute Gasteiger partial charge is 0.493 e.